The Morgan fingerprint density at radius 1 is 1.31 bits per heavy atom. The van der Waals surface area contributed by atoms with Gasteiger partial charge in [-0.1, -0.05) is 6.07 Å². The number of carbonyl (C=O) groups is 1. The van der Waals surface area contributed by atoms with Crippen LogP contribution in [0.5, 0.6) is 0 Å². The summed E-state index contributed by atoms with van der Waals surface area (Å²) in [6.07, 6.45) is 0. The first-order chi connectivity index (χ1) is 6.02. The van der Waals surface area contributed by atoms with Gasteiger partial charge in [0.05, 0.1) is 5.56 Å². The minimum atomic E-state index is -3.66. The molecule has 0 spiro atoms. The topological polar surface area (TPSA) is 63.2 Å². The van der Waals surface area contributed by atoms with Crippen LogP contribution in [0.25, 0.3) is 0 Å². The van der Waals surface area contributed by atoms with Crippen LogP contribution >= 0.6 is 12.6 Å². The lowest BCUT2D eigenvalue weighted by molar-refractivity contribution is 0.0985. The quantitative estimate of drug-likeness (QED) is 0.616. The number of nitrogens with one attached hydrogen (secondary N) is 1. The smallest absolute Gasteiger partial charge is 0.266 e. The van der Waals surface area contributed by atoms with Crippen LogP contribution in [0.15, 0.2) is 28.0 Å². The molecule has 1 amide bonds. The molecule has 0 unspecified atom stereocenters. The maximum absolute atomic E-state index is 11.3. The van der Waals surface area contributed by atoms with Crippen LogP contribution < -0.4 is 4.72 Å². The molecule has 0 aromatic heterocycles. The van der Waals surface area contributed by atoms with Gasteiger partial charge in [0.1, 0.15) is 4.90 Å². The third-order valence-corrected chi connectivity index (χ3v) is 3.69. The third kappa shape index (κ3) is 1.13. The molecule has 0 aliphatic carbocycles. The van der Waals surface area contributed by atoms with Crippen LogP contribution in [0.2, 0.25) is 0 Å². The first kappa shape index (κ1) is 8.58. The van der Waals surface area contributed by atoms with Crippen molar-refractivity contribution in [3.63, 3.8) is 0 Å². The van der Waals surface area contributed by atoms with Gasteiger partial charge in [-0.05, 0) is 12.1 Å². The highest BCUT2D eigenvalue weighted by Gasteiger charge is 2.33. The number of carbonyl (C=O) groups excluding carboxylic acids is 1. The summed E-state index contributed by atoms with van der Waals surface area (Å²) in [6, 6.07) is 4.57. The van der Waals surface area contributed by atoms with Crippen LogP contribution in [0.3, 0.4) is 0 Å². The van der Waals surface area contributed by atoms with Crippen molar-refractivity contribution < 1.29 is 13.2 Å². The van der Waals surface area contributed by atoms with E-state index in [1.807, 2.05) is 4.72 Å². The number of sulfonamides is 1. The Hall–Kier alpha value is -1.01. The summed E-state index contributed by atoms with van der Waals surface area (Å²) in [5.41, 5.74) is 0.160. The fourth-order valence-electron chi connectivity index (χ4n) is 1.21. The lowest BCUT2D eigenvalue weighted by atomic mass is 10.2. The Balaban J connectivity index is 2.89. The van der Waals surface area contributed by atoms with Gasteiger partial charge >= 0.3 is 0 Å². The van der Waals surface area contributed by atoms with Gasteiger partial charge in [-0.3, -0.25) is 4.79 Å². The van der Waals surface area contributed by atoms with Gasteiger partial charge in [-0.15, -0.1) is 12.6 Å². The normalized spacial score (nSPS) is 18.1. The van der Waals surface area contributed by atoms with Crippen LogP contribution in [0, 0.1) is 0 Å². The van der Waals surface area contributed by atoms with Crippen molar-refractivity contribution in [1.29, 1.82) is 0 Å². The highest BCUT2D eigenvalue weighted by atomic mass is 32.2. The molecule has 4 nitrogen and oxygen atoms in total. The van der Waals surface area contributed by atoms with Crippen molar-refractivity contribution >= 4 is 28.6 Å². The Labute approximate surface area is 80.4 Å². The molecular formula is C7H5NO3S2. The number of fused-ring (bicyclic) bond motifs is 1. The highest BCUT2D eigenvalue weighted by molar-refractivity contribution is 7.91. The number of thiol groups is 1. The van der Waals surface area contributed by atoms with Crippen molar-refractivity contribution in [2.75, 3.05) is 0 Å². The van der Waals surface area contributed by atoms with Crippen LogP contribution in [0.4, 0.5) is 0 Å². The second kappa shape index (κ2) is 2.49. The van der Waals surface area contributed by atoms with Crippen LogP contribution in [-0.2, 0) is 10.0 Å². The Bertz CT molecular complexity index is 492. The highest BCUT2D eigenvalue weighted by Crippen LogP contribution is 2.27. The predicted molar refractivity (Wildman–Crippen MR) is 48.3 cm³/mol. The van der Waals surface area contributed by atoms with Gasteiger partial charge in [0.15, 0.2) is 0 Å². The van der Waals surface area contributed by atoms with E-state index in [9.17, 15) is 13.2 Å². The van der Waals surface area contributed by atoms with E-state index in [0.717, 1.165) is 0 Å². The molecule has 13 heavy (non-hydrogen) atoms. The van der Waals surface area contributed by atoms with Crippen LogP contribution in [0.1, 0.15) is 10.4 Å². The zero-order chi connectivity index (χ0) is 9.64. The molecule has 0 fully saturated rings. The van der Waals surface area contributed by atoms with E-state index in [2.05, 4.69) is 12.6 Å². The Morgan fingerprint density at radius 2 is 2.00 bits per heavy atom. The van der Waals surface area contributed by atoms with Gasteiger partial charge in [-0.25, -0.2) is 13.1 Å². The molecule has 1 N–H and O–H groups in total. The predicted octanol–water partition coefficient (Wildman–Crippen LogP) is 0.407. The first-order valence-electron chi connectivity index (χ1n) is 3.41. The molecule has 0 saturated carbocycles. The molecule has 0 radical (unpaired) electrons. The van der Waals surface area contributed by atoms with Crippen LogP contribution in [-0.4, -0.2) is 14.3 Å². The van der Waals surface area contributed by atoms with Gasteiger partial charge in [-0.2, -0.15) is 0 Å². The van der Waals surface area contributed by atoms with E-state index >= 15 is 0 Å². The van der Waals surface area contributed by atoms with Crippen molar-refractivity contribution in [1.82, 2.24) is 4.72 Å². The number of hydrogen-bond acceptors (Lipinski definition) is 4. The third-order valence-electron chi connectivity index (χ3n) is 1.73. The summed E-state index contributed by atoms with van der Waals surface area (Å²) in [7, 11) is -3.66. The number of amides is 1. The van der Waals surface area contributed by atoms with E-state index in [4.69, 9.17) is 0 Å². The number of rotatable bonds is 0. The second-order valence-corrected chi connectivity index (χ2v) is 4.69. The number of hydrogen-bond donors (Lipinski definition) is 2. The standard InChI is InChI=1S/C7H5NO3S2/c9-7-4-2-1-3-5(12)6(4)13(10,11)8-7/h1-3,12H,(H,8,9). The van der Waals surface area contributed by atoms with Crippen molar-refractivity contribution in [2.24, 2.45) is 0 Å². The zero-order valence-electron chi connectivity index (χ0n) is 6.31. The van der Waals surface area contributed by atoms with Gasteiger partial charge in [0.25, 0.3) is 15.9 Å². The number of benzene rings is 1. The minimum absolute atomic E-state index is 0.0247. The van der Waals surface area contributed by atoms with Gasteiger partial charge in [0.2, 0.25) is 0 Å². The summed E-state index contributed by atoms with van der Waals surface area (Å²) in [6.45, 7) is 0. The van der Waals surface area contributed by atoms with Crippen molar-refractivity contribution in [2.45, 2.75) is 9.79 Å². The molecule has 2 rings (SSSR count). The second-order valence-electron chi connectivity index (χ2n) is 2.59. The molecule has 1 aromatic rings. The first-order valence-corrected chi connectivity index (χ1v) is 5.34. The van der Waals surface area contributed by atoms with Crippen molar-refractivity contribution in [3.8, 4) is 0 Å². The molecule has 1 aliphatic heterocycles. The average molecular weight is 215 g/mol. The molecular weight excluding hydrogens is 210 g/mol. The summed E-state index contributed by atoms with van der Waals surface area (Å²) in [5, 5.41) is 0. The molecule has 0 saturated heterocycles. The maximum Gasteiger partial charge on any atom is 0.266 e. The summed E-state index contributed by atoms with van der Waals surface area (Å²) < 4.78 is 24.5. The lowest BCUT2D eigenvalue weighted by Gasteiger charge is -1.97. The van der Waals surface area contributed by atoms with E-state index in [1.165, 1.54) is 12.1 Å². The molecule has 1 aromatic carbocycles. The lowest BCUT2D eigenvalue weighted by Crippen LogP contribution is -2.20. The monoisotopic (exact) mass is 215 g/mol. The molecule has 0 atom stereocenters. The summed E-state index contributed by atoms with van der Waals surface area (Å²) >= 11 is 3.97. The van der Waals surface area contributed by atoms with E-state index in [1.54, 1.807) is 6.07 Å². The van der Waals surface area contributed by atoms with Crippen molar-refractivity contribution in [3.05, 3.63) is 23.8 Å². The molecule has 0 bridgehead atoms. The van der Waals surface area contributed by atoms with E-state index in [-0.39, 0.29) is 15.4 Å². The SMILES string of the molecule is O=C1NS(=O)(=O)c2c(S)cccc21. The summed E-state index contributed by atoms with van der Waals surface area (Å²) in [5.74, 6) is -0.592. The zero-order valence-corrected chi connectivity index (χ0v) is 8.02. The Kier molecular flexibility index (Phi) is 1.64. The Morgan fingerprint density at radius 3 is 2.62 bits per heavy atom. The average Bonchev–Trinajstić information content (AvgIpc) is 2.24. The molecule has 1 heterocycles. The summed E-state index contributed by atoms with van der Waals surface area (Å²) in [4.78, 5) is 11.4. The molecule has 68 valence electrons. The molecule has 6 heteroatoms. The minimum Gasteiger partial charge on any atom is -0.268 e. The fraction of sp³-hybridized carbons (Fsp3) is 0. The van der Waals surface area contributed by atoms with Gasteiger partial charge < -0.3 is 0 Å². The van der Waals surface area contributed by atoms with E-state index in [0.29, 0.717) is 0 Å². The fourth-order valence-corrected chi connectivity index (χ4v) is 3.03. The van der Waals surface area contributed by atoms with E-state index < -0.39 is 15.9 Å². The largest absolute Gasteiger partial charge is 0.268 e. The van der Waals surface area contributed by atoms with Gasteiger partial charge in [0, 0.05) is 4.90 Å². The molecule has 1 aliphatic rings. The maximum atomic E-state index is 11.3.